The van der Waals surface area contributed by atoms with Crippen LogP contribution in [-0.2, 0) is 4.74 Å². The molecule has 2 unspecified atom stereocenters. The van der Waals surface area contributed by atoms with Gasteiger partial charge < -0.3 is 26.2 Å². The highest BCUT2D eigenvalue weighted by Crippen LogP contribution is 2.31. The van der Waals surface area contributed by atoms with Crippen LogP contribution >= 0.6 is 11.5 Å². The van der Waals surface area contributed by atoms with Crippen molar-refractivity contribution in [3.63, 3.8) is 0 Å². The number of hydrogen-bond donors (Lipinski definition) is 4. The summed E-state index contributed by atoms with van der Waals surface area (Å²) < 4.78 is 9.43. The molecule has 2 aliphatic rings. The van der Waals surface area contributed by atoms with E-state index in [1.165, 1.54) is 0 Å². The number of ether oxygens (including phenoxy) is 1. The van der Waals surface area contributed by atoms with Gasteiger partial charge in [0.2, 0.25) is 0 Å². The molecule has 1 saturated carbocycles. The zero-order chi connectivity index (χ0) is 15.0. The summed E-state index contributed by atoms with van der Waals surface area (Å²) in [6.07, 6.45) is 2.36. The standard InChI is InChI=1S/C13H20N4O3S/c1-7-13(19,4-5-20-7)6-15-12-9(10(14)17-21-12)11(18)16-8-2-3-8/h7-8,15,19H,2-6H2,1H3,(H2,14,17)(H,16,18). The molecule has 116 valence electrons. The van der Waals surface area contributed by atoms with Crippen molar-refractivity contribution in [3.8, 4) is 0 Å². The summed E-state index contributed by atoms with van der Waals surface area (Å²) >= 11 is 1.14. The molecule has 0 aromatic carbocycles. The van der Waals surface area contributed by atoms with Crippen molar-refractivity contribution in [2.24, 2.45) is 0 Å². The number of anilines is 2. The van der Waals surface area contributed by atoms with Crippen LogP contribution in [0, 0.1) is 0 Å². The normalized spacial score (nSPS) is 28.6. The van der Waals surface area contributed by atoms with Crippen molar-refractivity contribution in [1.82, 2.24) is 9.69 Å². The van der Waals surface area contributed by atoms with E-state index >= 15 is 0 Å². The molecule has 2 atom stereocenters. The molecule has 0 bridgehead atoms. The molecule has 0 spiro atoms. The average Bonchev–Trinajstić information content (AvgIpc) is 3.08. The fourth-order valence-electron chi connectivity index (χ4n) is 2.36. The van der Waals surface area contributed by atoms with Crippen LogP contribution in [0.4, 0.5) is 10.8 Å². The molecule has 21 heavy (non-hydrogen) atoms. The molecule has 8 heteroatoms. The number of nitrogens with zero attached hydrogens (tertiary/aromatic N) is 1. The second-order valence-electron chi connectivity index (χ2n) is 5.74. The number of aromatic nitrogens is 1. The number of amides is 1. The highest BCUT2D eigenvalue weighted by molar-refractivity contribution is 7.11. The van der Waals surface area contributed by atoms with Crippen LogP contribution in [0.15, 0.2) is 0 Å². The Hall–Kier alpha value is -1.38. The van der Waals surface area contributed by atoms with Crippen LogP contribution < -0.4 is 16.4 Å². The topological polar surface area (TPSA) is 110 Å². The number of rotatable bonds is 5. The minimum atomic E-state index is -0.928. The summed E-state index contributed by atoms with van der Waals surface area (Å²) in [6.45, 7) is 2.69. The molecule has 1 amide bonds. The van der Waals surface area contributed by atoms with E-state index in [0.717, 1.165) is 24.4 Å². The molecule has 1 saturated heterocycles. The van der Waals surface area contributed by atoms with Gasteiger partial charge in [0.1, 0.15) is 16.2 Å². The zero-order valence-electron chi connectivity index (χ0n) is 11.9. The summed E-state index contributed by atoms with van der Waals surface area (Å²) in [6, 6.07) is 0.261. The number of nitrogens with one attached hydrogen (secondary N) is 2. The molecule has 5 N–H and O–H groups in total. The fourth-order valence-corrected chi connectivity index (χ4v) is 3.07. The zero-order valence-corrected chi connectivity index (χ0v) is 12.7. The first-order valence-corrected chi connectivity index (χ1v) is 7.91. The Bertz CT molecular complexity index is 546. The highest BCUT2D eigenvalue weighted by Gasteiger charge is 2.39. The molecule has 0 radical (unpaired) electrons. The van der Waals surface area contributed by atoms with Gasteiger partial charge in [-0.1, -0.05) is 0 Å². The number of nitrogens with two attached hydrogens (primary N) is 1. The SMILES string of the molecule is CC1OCCC1(O)CNc1snc(N)c1C(=O)NC1CC1. The Labute approximate surface area is 127 Å². The smallest absolute Gasteiger partial charge is 0.258 e. The van der Waals surface area contributed by atoms with Crippen molar-refractivity contribution in [2.75, 3.05) is 24.2 Å². The molecule has 1 aromatic rings. The Morgan fingerprint density at radius 1 is 1.62 bits per heavy atom. The maximum Gasteiger partial charge on any atom is 0.258 e. The maximum absolute atomic E-state index is 12.2. The largest absolute Gasteiger partial charge is 0.385 e. The number of aliphatic hydroxyl groups is 1. The van der Waals surface area contributed by atoms with E-state index in [2.05, 4.69) is 15.0 Å². The number of nitrogen functional groups attached to an aromatic ring is 1. The van der Waals surface area contributed by atoms with Crippen LogP contribution in [-0.4, -0.2) is 46.3 Å². The van der Waals surface area contributed by atoms with Gasteiger partial charge in [-0.2, -0.15) is 4.37 Å². The van der Waals surface area contributed by atoms with Crippen molar-refractivity contribution in [2.45, 2.75) is 43.9 Å². The van der Waals surface area contributed by atoms with Gasteiger partial charge in [-0.3, -0.25) is 4.79 Å². The Kier molecular flexibility index (Phi) is 3.76. The Balaban J connectivity index is 1.69. The molecular formula is C13H20N4O3S. The first-order valence-electron chi connectivity index (χ1n) is 7.13. The lowest BCUT2D eigenvalue weighted by Gasteiger charge is -2.26. The predicted molar refractivity (Wildman–Crippen MR) is 80.5 cm³/mol. The van der Waals surface area contributed by atoms with Crippen LogP contribution in [0.5, 0.6) is 0 Å². The molecule has 2 heterocycles. The van der Waals surface area contributed by atoms with E-state index in [9.17, 15) is 9.90 Å². The van der Waals surface area contributed by atoms with Gasteiger partial charge in [0, 0.05) is 25.6 Å². The third-order valence-electron chi connectivity index (χ3n) is 4.07. The van der Waals surface area contributed by atoms with Gasteiger partial charge in [0.15, 0.2) is 5.82 Å². The van der Waals surface area contributed by atoms with Gasteiger partial charge in [-0.15, -0.1) is 0 Å². The van der Waals surface area contributed by atoms with E-state index in [-0.39, 0.29) is 23.9 Å². The number of carbonyl (C=O) groups excluding carboxylic acids is 1. The third kappa shape index (κ3) is 2.97. The van der Waals surface area contributed by atoms with Gasteiger partial charge >= 0.3 is 0 Å². The van der Waals surface area contributed by atoms with Crippen molar-refractivity contribution in [1.29, 1.82) is 0 Å². The van der Waals surface area contributed by atoms with Crippen molar-refractivity contribution >= 4 is 28.3 Å². The van der Waals surface area contributed by atoms with Gasteiger partial charge in [0.25, 0.3) is 5.91 Å². The average molecular weight is 312 g/mol. The first kappa shape index (κ1) is 14.6. The molecule has 7 nitrogen and oxygen atoms in total. The van der Waals surface area contributed by atoms with E-state index in [1.54, 1.807) is 0 Å². The summed E-state index contributed by atoms with van der Waals surface area (Å²) in [7, 11) is 0. The van der Waals surface area contributed by atoms with E-state index in [0.29, 0.717) is 30.1 Å². The molecule has 2 fully saturated rings. The maximum atomic E-state index is 12.2. The molecule has 1 aromatic heterocycles. The number of hydrogen-bond acceptors (Lipinski definition) is 7. The highest BCUT2D eigenvalue weighted by atomic mass is 32.1. The molecule has 3 rings (SSSR count). The van der Waals surface area contributed by atoms with E-state index in [4.69, 9.17) is 10.5 Å². The lowest BCUT2D eigenvalue weighted by molar-refractivity contribution is -0.0175. The lowest BCUT2D eigenvalue weighted by Crippen LogP contribution is -2.43. The minimum Gasteiger partial charge on any atom is -0.385 e. The van der Waals surface area contributed by atoms with Gasteiger partial charge in [0.05, 0.1) is 6.10 Å². The van der Waals surface area contributed by atoms with Crippen LogP contribution in [0.3, 0.4) is 0 Å². The van der Waals surface area contributed by atoms with Gasteiger partial charge in [-0.25, -0.2) is 0 Å². The summed E-state index contributed by atoms with van der Waals surface area (Å²) in [5, 5.41) is 17.1. The fraction of sp³-hybridized carbons (Fsp3) is 0.692. The van der Waals surface area contributed by atoms with Gasteiger partial charge in [-0.05, 0) is 31.3 Å². The summed E-state index contributed by atoms with van der Waals surface area (Å²) in [5.74, 6) is 0.0253. The quantitative estimate of drug-likeness (QED) is 0.633. The third-order valence-corrected chi connectivity index (χ3v) is 4.89. The van der Waals surface area contributed by atoms with Crippen LogP contribution in [0.25, 0.3) is 0 Å². The summed E-state index contributed by atoms with van der Waals surface area (Å²) in [5.41, 5.74) is 5.24. The lowest BCUT2D eigenvalue weighted by atomic mass is 9.97. The van der Waals surface area contributed by atoms with Crippen LogP contribution in [0.1, 0.15) is 36.5 Å². The van der Waals surface area contributed by atoms with E-state index in [1.807, 2.05) is 6.92 Å². The second kappa shape index (κ2) is 5.43. The van der Waals surface area contributed by atoms with E-state index < -0.39 is 5.60 Å². The van der Waals surface area contributed by atoms with Crippen molar-refractivity contribution in [3.05, 3.63) is 5.56 Å². The number of carbonyl (C=O) groups is 1. The Morgan fingerprint density at radius 2 is 2.38 bits per heavy atom. The minimum absolute atomic E-state index is 0.200. The summed E-state index contributed by atoms with van der Waals surface area (Å²) in [4.78, 5) is 12.2. The molecule has 1 aliphatic heterocycles. The van der Waals surface area contributed by atoms with Crippen molar-refractivity contribution < 1.29 is 14.6 Å². The van der Waals surface area contributed by atoms with Crippen LogP contribution in [0.2, 0.25) is 0 Å². The predicted octanol–water partition coefficient (Wildman–Crippen LogP) is 0.569. The second-order valence-corrected chi connectivity index (χ2v) is 6.51. The molecular weight excluding hydrogens is 292 g/mol. The first-order chi connectivity index (χ1) is 9.99. The monoisotopic (exact) mass is 312 g/mol. The Morgan fingerprint density at radius 3 is 3.00 bits per heavy atom. The molecule has 1 aliphatic carbocycles.